The van der Waals surface area contributed by atoms with Gasteiger partial charge in [0.25, 0.3) is 0 Å². The first-order valence-electron chi connectivity index (χ1n) is 10.1. The Morgan fingerprint density at radius 2 is 1.78 bits per heavy atom. The van der Waals surface area contributed by atoms with Gasteiger partial charge in [-0.2, -0.15) is 4.31 Å². The summed E-state index contributed by atoms with van der Waals surface area (Å²) in [7, 11) is -3.54. The maximum absolute atomic E-state index is 13.4. The summed E-state index contributed by atoms with van der Waals surface area (Å²) in [5.74, 6) is 0. The molecule has 2 aromatic rings. The molecule has 0 radical (unpaired) electrons. The summed E-state index contributed by atoms with van der Waals surface area (Å²) in [6, 6.07) is 7.20. The molecule has 5 nitrogen and oxygen atoms in total. The van der Waals surface area contributed by atoms with Crippen molar-refractivity contribution in [3.05, 3.63) is 36.7 Å². The fraction of sp³-hybridized carbons (Fsp3) is 0.571. The van der Waals surface area contributed by atoms with E-state index in [0.29, 0.717) is 24.5 Å². The van der Waals surface area contributed by atoms with Gasteiger partial charge in [-0.05, 0) is 31.5 Å². The zero-order valence-corrected chi connectivity index (χ0v) is 17.5. The highest BCUT2D eigenvalue weighted by Gasteiger charge is 2.25. The van der Waals surface area contributed by atoms with Crippen LogP contribution in [0.15, 0.2) is 41.6 Å². The summed E-state index contributed by atoms with van der Waals surface area (Å²) in [6.07, 6.45) is 9.85. The Bertz CT molecular complexity index is 788. The summed E-state index contributed by atoms with van der Waals surface area (Å²) in [5.41, 5.74) is 0. The molecule has 0 saturated heterocycles. The molecule has 1 N–H and O–H groups in total. The fourth-order valence-electron chi connectivity index (χ4n) is 3.15. The highest BCUT2D eigenvalue weighted by atomic mass is 32.2. The largest absolute Gasteiger partial charge is 0.315 e. The number of hydrogen-bond donors (Lipinski definition) is 1. The standard InChI is InChI=1S/C21H33N3O2S/c1-3-5-7-8-16-24(17-15-22-13-6-4-2)27(25,26)21-11-9-10-19-18-23-14-12-20(19)21/h9-12,14,18,22H,3-8,13,15-17H2,1-2H3. The Hall–Kier alpha value is -1.50. The summed E-state index contributed by atoms with van der Waals surface area (Å²) in [4.78, 5) is 4.49. The van der Waals surface area contributed by atoms with Crippen LogP contribution in [0, 0.1) is 0 Å². The maximum atomic E-state index is 13.4. The number of unbranched alkanes of at least 4 members (excludes halogenated alkanes) is 4. The minimum atomic E-state index is -3.54. The quantitative estimate of drug-likeness (QED) is 0.520. The van der Waals surface area contributed by atoms with E-state index in [1.807, 2.05) is 6.07 Å². The molecule has 0 spiro atoms. The molecular formula is C21H33N3O2S. The van der Waals surface area contributed by atoms with E-state index >= 15 is 0 Å². The van der Waals surface area contributed by atoms with Crippen LogP contribution in [0.5, 0.6) is 0 Å². The molecule has 2 rings (SSSR count). The molecule has 150 valence electrons. The number of nitrogens with one attached hydrogen (secondary N) is 1. The Kier molecular flexibility index (Phi) is 9.18. The Balaban J connectivity index is 2.19. The number of pyridine rings is 1. The number of aromatic nitrogens is 1. The van der Waals surface area contributed by atoms with E-state index in [1.165, 1.54) is 0 Å². The number of nitrogens with zero attached hydrogens (tertiary/aromatic N) is 2. The van der Waals surface area contributed by atoms with Crippen LogP contribution in [0.1, 0.15) is 52.4 Å². The van der Waals surface area contributed by atoms with Crippen LogP contribution in [0.25, 0.3) is 10.8 Å². The van der Waals surface area contributed by atoms with Crippen molar-refractivity contribution in [2.24, 2.45) is 0 Å². The minimum absolute atomic E-state index is 0.381. The van der Waals surface area contributed by atoms with Crippen LogP contribution in [0.4, 0.5) is 0 Å². The third kappa shape index (κ3) is 6.26. The maximum Gasteiger partial charge on any atom is 0.243 e. The molecule has 0 aliphatic carbocycles. The smallest absolute Gasteiger partial charge is 0.243 e. The van der Waals surface area contributed by atoms with Crippen molar-refractivity contribution in [2.45, 2.75) is 57.3 Å². The molecule has 0 amide bonds. The van der Waals surface area contributed by atoms with Crippen molar-refractivity contribution in [3.63, 3.8) is 0 Å². The summed E-state index contributed by atoms with van der Waals surface area (Å²) in [5, 5.41) is 4.96. The van der Waals surface area contributed by atoms with E-state index < -0.39 is 10.0 Å². The van der Waals surface area contributed by atoms with E-state index in [4.69, 9.17) is 0 Å². The van der Waals surface area contributed by atoms with Gasteiger partial charge in [0.05, 0.1) is 4.90 Å². The highest BCUT2D eigenvalue weighted by Crippen LogP contribution is 2.25. The summed E-state index contributed by atoms with van der Waals surface area (Å²) >= 11 is 0. The van der Waals surface area contributed by atoms with Crippen LogP contribution >= 0.6 is 0 Å². The van der Waals surface area contributed by atoms with Crippen molar-refractivity contribution in [1.29, 1.82) is 0 Å². The van der Waals surface area contributed by atoms with Crippen molar-refractivity contribution in [2.75, 3.05) is 26.2 Å². The second-order valence-electron chi connectivity index (χ2n) is 6.92. The first-order chi connectivity index (χ1) is 13.1. The molecule has 0 saturated carbocycles. The fourth-order valence-corrected chi connectivity index (χ4v) is 4.85. The van der Waals surface area contributed by atoms with Gasteiger partial charge in [-0.3, -0.25) is 4.98 Å². The van der Waals surface area contributed by atoms with Gasteiger partial charge in [-0.25, -0.2) is 8.42 Å². The first kappa shape index (κ1) is 21.8. The van der Waals surface area contributed by atoms with Crippen LogP contribution in [-0.2, 0) is 10.0 Å². The molecule has 6 heteroatoms. The molecule has 0 atom stereocenters. The second-order valence-corrected chi connectivity index (χ2v) is 8.83. The normalized spacial score (nSPS) is 12.1. The third-order valence-corrected chi connectivity index (χ3v) is 6.72. The average Bonchev–Trinajstić information content (AvgIpc) is 2.68. The SMILES string of the molecule is CCCCCCN(CCNCCCC)S(=O)(=O)c1cccc2cnccc12. The van der Waals surface area contributed by atoms with Crippen LogP contribution < -0.4 is 5.32 Å². The number of benzene rings is 1. The van der Waals surface area contributed by atoms with E-state index in [0.717, 1.165) is 55.8 Å². The van der Waals surface area contributed by atoms with Crippen molar-refractivity contribution in [1.82, 2.24) is 14.6 Å². The van der Waals surface area contributed by atoms with Gasteiger partial charge in [-0.15, -0.1) is 0 Å². The van der Waals surface area contributed by atoms with E-state index in [2.05, 4.69) is 24.1 Å². The predicted octanol–water partition coefficient (Wildman–Crippen LogP) is 4.20. The molecule has 0 bridgehead atoms. The molecule has 0 fully saturated rings. The monoisotopic (exact) mass is 391 g/mol. The first-order valence-corrected chi connectivity index (χ1v) is 11.6. The lowest BCUT2D eigenvalue weighted by Crippen LogP contribution is -2.38. The molecule has 0 aliphatic heterocycles. The van der Waals surface area contributed by atoms with E-state index in [1.54, 1.807) is 34.9 Å². The lowest BCUT2D eigenvalue weighted by atomic mass is 10.2. The Labute approximate surface area is 164 Å². The molecule has 0 aliphatic rings. The molecule has 1 aromatic heterocycles. The van der Waals surface area contributed by atoms with Gasteiger partial charge in [0, 0.05) is 42.8 Å². The van der Waals surface area contributed by atoms with Gasteiger partial charge in [0.1, 0.15) is 0 Å². The second kappa shape index (κ2) is 11.4. The van der Waals surface area contributed by atoms with Crippen molar-refractivity contribution in [3.8, 4) is 0 Å². The van der Waals surface area contributed by atoms with E-state index in [-0.39, 0.29) is 0 Å². The lowest BCUT2D eigenvalue weighted by Gasteiger charge is -2.23. The molecule has 1 aromatic carbocycles. The molecule has 1 heterocycles. The van der Waals surface area contributed by atoms with E-state index in [9.17, 15) is 8.42 Å². The molecular weight excluding hydrogens is 358 g/mol. The third-order valence-electron chi connectivity index (χ3n) is 4.76. The van der Waals surface area contributed by atoms with Crippen LogP contribution in [0.3, 0.4) is 0 Å². The number of sulfonamides is 1. The van der Waals surface area contributed by atoms with Gasteiger partial charge >= 0.3 is 0 Å². The number of fused-ring (bicyclic) bond motifs is 1. The summed E-state index contributed by atoms with van der Waals surface area (Å²) < 4.78 is 28.5. The van der Waals surface area contributed by atoms with Gasteiger partial charge in [0.2, 0.25) is 10.0 Å². The van der Waals surface area contributed by atoms with Crippen molar-refractivity contribution >= 4 is 20.8 Å². The van der Waals surface area contributed by atoms with Crippen molar-refractivity contribution < 1.29 is 8.42 Å². The van der Waals surface area contributed by atoms with Gasteiger partial charge < -0.3 is 5.32 Å². The zero-order chi connectivity index (χ0) is 19.5. The Morgan fingerprint density at radius 3 is 2.56 bits per heavy atom. The zero-order valence-electron chi connectivity index (χ0n) is 16.7. The Morgan fingerprint density at radius 1 is 0.963 bits per heavy atom. The summed E-state index contributed by atoms with van der Waals surface area (Å²) in [6.45, 7) is 7.00. The van der Waals surface area contributed by atoms with Gasteiger partial charge in [-0.1, -0.05) is 51.7 Å². The number of hydrogen-bond acceptors (Lipinski definition) is 4. The van der Waals surface area contributed by atoms with Crippen LogP contribution in [-0.4, -0.2) is 43.9 Å². The van der Waals surface area contributed by atoms with Gasteiger partial charge in [0.15, 0.2) is 0 Å². The van der Waals surface area contributed by atoms with Crippen LogP contribution in [0.2, 0.25) is 0 Å². The predicted molar refractivity (Wildman–Crippen MR) is 112 cm³/mol. The average molecular weight is 392 g/mol. The topological polar surface area (TPSA) is 62.3 Å². The minimum Gasteiger partial charge on any atom is -0.315 e. The number of rotatable bonds is 13. The molecule has 0 unspecified atom stereocenters. The molecule has 27 heavy (non-hydrogen) atoms. The highest BCUT2D eigenvalue weighted by molar-refractivity contribution is 7.89. The lowest BCUT2D eigenvalue weighted by molar-refractivity contribution is 0.392.